The van der Waals surface area contributed by atoms with Crippen molar-refractivity contribution in [3.63, 3.8) is 0 Å². The molecule has 1 aliphatic heterocycles. The first-order valence-electron chi connectivity index (χ1n) is 8.62. The van der Waals surface area contributed by atoms with E-state index in [-0.39, 0.29) is 6.03 Å². The van der Waals surface area contributed by atoms with Gasteiger partial charge in [0.05, 0.1) is 18.5 Å². The van der Waals surface area contributed by atoms with E-state index in [9.17, 15) is 4.79 Å². The van der Waals surface area contributed by atoms with Crippen LogP contribution in [0.1, 0.15) is 6.42 Å². The molecule has 0 saturated carbocycles. The highest BCUT2D eigenvalue weighted by molar-refractivity contribution is 6.30. The fourth-order valence-electron chi connectivity index (χ4n) is 2.97. The number of hydrogen-bond acceptors (Lipinski definition) is 3. The number of ether oxygens (including phenoxy) is 1. The lowest BCUT2D eigenvalue weighted by molar-refractivity contribution is -0.726. The van der Waals surface area contributed by atoms with Gasteiger partial charge in [-0.3, -0.25) is 4.90 Å². The molecule has 3 aromatic rings. The summed E-state index contributed by atoms with van der Waals surface area (Å²) in [6.45, 7) is 1.05. The molecule has 0 atom stereocenters. The molecule has 27 heavy (non-hydrogen) atoms. The first kappa shape index (κ1) is 17.4. The topological polar surface area (TPSA) is 74.1 Å². The van der Waals surface area contributed by atoms with Crippen molar-refractivity contribution >= 4 is 29.1 Å². The van der Waals surface area contributed by atoms with Crippen LogP contribution in [0.5, 0.6) is 5.75 Å². The molecule has 8 heteroatoms. The summed E-state index contributed by atoms with van der Waals surface area (Å²) in [6, 6.07) is 10.9. The lowest BCUT2D eigenvalue weighted by atomic mass is 10.1. The number of aryl methyl sites for hydroxylation is 1. The van der Waals surface area contributed by atoms with Gasteiger partial charge in [-0.15, -0.1) is 4.68 Å². The standard InChI is InChI=1S/C19H18ClN5O2/c1-24-12-15(11-21-24)22-19(26)25-8-3-9-27-17-7-6-16(23-18(17)25)13-4-2-5-14(20)10-13/h2,4-7,10-12H,3,8-9H2,1H3,(H,22,26)/p+1. The molecule has 2 amide bonds. The Balaban J connectivity index is 1.68. The minimum Gasteiger partial charge on any atom is -0.490 e. The zero-order chi connectivity index (χ0) is 18.8. The first-order chi connectivity index (χ1) is 13.1. The van der Waals surface area contributed by atoms with E-state index >= 15 is 0 Å². The number of hydrogen-bond donors (Lipinski definition) is 2. The van der Waals surface area contributed by atoms with E-state index in [0.29, 0.717) is 35.4 Å². The molecule has 0 aliphatic carbocycles. The van der Waals surface area contributed by atoms with Gasteiger partial charge >= 0.3 is 6.03 Å². The Morgan fingerprint density at radius 1 is 1.37 bits per heavy atom. The molecule has 0 radical (unpaired) electrons. The second-order valence-electron chi connectivity index (χ2n) is 6.28. The fraction of sp³-hybridized carbons (Fsp3) is 0.211. The van der Waals surface area contributed by atoms with Gasteiger partial charge in [0.1, 0.15) is 5.69 Å². The van der Waals surface area contributed by atoms with Gasteiger partial charge in [-0.05, 0) is 30.7 Å². The molecule has 0 fully saturated rings. The Morgan fingerprint density at radius 2 is 2.26 bits per heavy atom. The van der Waals surface area contributed by atoms with Gasteiger partial charge in [-0.2, -0.15) is 5.10 Å². The van der Waals surface area contributed by atoms with Crippen LogP contribution in [0.4, 0.5) is 16.3 Å². The van der Waals surface area contributed by atoms with E-state index in [4.69, 9.17) is 21.3 Å². The Hall–Kier alpha value is -3.06. The number of nitrogens with one attached hydrogen (secondary N) is 2. The van der Waals surface area contributed by atoms with Gasteiger partial charge in [-0.25, -0.2) is 9.78 Å². The Kier molecular flexibility index (Phi) is 4.68. The maximum absolute atomic E-state index is 12.9. The number of carbonyl (C=O) groups is 1. The normalized spacial score (nSPS) is 13.5. The van der Waals surface area contributed by atoms with Crippen molar-refractivity contribution in [2.45, 2.75) is 6.42 Å². The van der Waals surface area contributed by atoms with Crippen LogP contribution in [0.15, 0.2) is 48.8 Å². The fourth-order valence-corrected chi connectivity index (χ4v) is 3.16. The van der Waals surface area contributed by atoms with Crippen molar-refractivity contribution in [3.05, 3.63) is 53.8 Å². The van der Waals surface area contributed by atoms with E-state index in [1.807, 2.05) is 43.4 Å². The van der Waals surface area contributed by atoms with E-state index in [0.717, 1.165) is 17.7 Å². The summed E-state index contributed by atoms with van der Waals surface area (Å²) in [5, 5.41) is 6.50. The van der Waals surface area contributed by atoms with Crippen LogP contribution in [0, 0.1) is 0 Å². The van der Waals surface area contributed by atoms with Crippen LogP contribution in [-0.4, -0.2) is 29.3 Å². The maximum Gasteiger partial charge on any atom is 0.327 e. The molecule has 0 spiro atoms. The average molecular weight is 385 g/mol. The average Bonchev–Trinajstić information content (AvgIpc) is 2.94. The molecule has 4 rings (SSSR count). The molecule has 2 aromatic heterocycles. The third-order valence-corrected chi connectivity index (χ3v) is 4.49. The molecule has 138 valence electrons. The number of carbonyl (C=O) groups excluding carboxylic acids is 1. The highest BCUT2D eigenvalue weighted by Gasteiger charge is 2.25. The van der Waals surface area contributed by atoms with Crippen LogP contribution < -0.4 is 19.6 Å². The molecule has 0 unspecified atom stereocenters. The summed E-state index contributed by atoms with van der Waals surface area (Å²) < 4.78 is 7.53. The van der Waals surface area contributed by atoms with Gasteiger partial charge < -0.3 is 10.1 Å². The van der Waals surface area contributed by atoms with Gasteiger partial charge in [0.25, 0.3) is 0 Å². The Morgan fingerprint density at radius 3 is 3.04 bits per heavy atom. The number of pyridine rings is 1. The van der Waals surface area contributed by atoms with Crippen molar-refractivity contribution in [3.8, 4) is 17.0 Å². The van der Waals surface area contributed by atoms with Crippen molar-refractivity contribution in [1.82, 2.24) is 10.1 Å². The lowest BCUT2D eigenvalue weighted by Crippen LogP contribution is -2.36. The zero-order valence-electron chi connectivity index (χ0n) is 14.8. The molecule has 2 N–H and O–H groups in total. The summed E-state index contributed by atoms with van der Waals surface area (Å²) in [4.78, 5) is 19.2. The molecule has 1 aromatic carbocycles. The number of fused-ring (bicyclic) bond motifs is 1. The van der Waals surface area contributed by atoms with Crippen molar-refractivity contribution < 1.29 is 14.2 Å². The van der Waals surface area contributed by atoms with Gasteiger partial charge in [-0.1, -0.05) is 23.7 Å². The largest absolute Gasteiger partial charge is 0.490 e. The van der Waals surface area contributed by atoms with Crippen LogP contribution in [0.2, 0.25) is 5.02 Å². The summed E-state index contributed by atoms with van der Waals surface area (Å²) in [7, 11) is 1.85. The molecule has 3 heterocycles. The smallest absolute Gasteiger partial charge is 0.327 e. The van der Waals surface area contributed by atoms with Crippen LogP contribution >= 0.6 is 11.6 Å². The van der Waals surface area contributed by atoms with Gasteiger partial charge in [0, 0.05) is 17.1 Å². The van der Waals surface area contributed by atoms with E-state index in [1.165, 1.54) is 0 Å². The molecule has 0 saturated heterocycles. The van der Waals surface area contributed by atoms with Crippen molar-refractivity contribution in [2.24, 2.45) is 7.05 Å². The molecular formula is C19H19ClN5O2+. The number of benzene rings is 1. The quantitative estimate of drug-likeness (QED) is 0.665. The second-order valence-corrected chi connectivity index (χ2v) is 6.72. The molecule has 1 aliphatic rings. The number of nitrogens with zero attached hydrogens (tertiary/aromatic N) is 3. The maximum atomic E-state index is 12.9. The number of aromatic amines is 1. The van der Waals surface area contributed by atoms with Gasteiger partial charge in [0.15, 0.2) is 18.6 Å². The minimum atomic E-state index is -0.253. The monoisotopic (exact) mass is 384 g/mol. The number of amides is 2. The third-order valence-electron chi connectivity index (χ3n) is 4.25. The van der Waals surface area contributed by atoms with Gasteiger partial charge in [0.2, 0.25) is 6.20 Å². The number of H-pyrrole nitrogens is 1. The van der Waals surface area contributed by atoms with Crippen LogP contribution in [0.3, 0.4) is 0 Å². The number of aromatic nitrogens is 3. The highest BCUT2D eigenvalue weighted by Crippen LogP contribution is 2.33. The number of halogens is 1. The predicted octanol–water partition coefficient (Wildman–Crippen LogP) is 3.38. The number of urea groups is 1. The van der Waals surface area contributed by atoms with Crippen molar-refractivity contribution in [2.75, 3.05) is 23.4 Å². The molecule has 7 nitrogen and oxygen atoms in total. The third kappa shape index (κ3) is 3.73. The zero-order valence-corrected chi connectivity index (χ0v) is 15.5. The summed E-state index contributed by atoms with van der Waals surface area (Å²) >= 11 is 6.10. The Bertz CT molecular complexity index is 988. The van der Waals surface area contributed by atoms with Crippen LogP contribution in [-0.2, 0) is 7.05 Å². The van der Waals surface area contributed by atoms with E-state index < -0.39 is 0 Å². The Labute approximate surface area is 161 Å². The second kappa shape index (κ2) is 7.28. The van der Waals surface area contributed by atoms with E-state index in [2.05, 4.69) is 10.4 Å². The molecule has 0 bridgehead atoms. The lowest BCUT2D eigenvalue weighted by Gasteiger charge is -2.21. The van der Waals surface area contributed by atoms with E-state index in [1.54, 1.807) is 22.0 Å². The SMILES string of the molecule is C[n+]1cc(NC(=O)N2CCCOc3ccc(-c4cccc(Cl)c4)nc32)c[nH]1. The molecular weight excluding hydrogens is 366 g/mol. The minimum absolute atomic E-state index is 0.253. The van der Waals surface area contributed by atoms with Crippen molar-refractivity contribution in [1.29, 1.82) is 0 Å². The number of anilines is 2. The first-order valence-corrected chi connectivity index (χ1v) is 9.00. The predicted molar refractivity (Wildman–Crippen MR) is 103 cm³/mol. The van der Waals surface area contributed by atoms with Crippen LogP contribution in [0.25, 0.3) is 11.3 Å². The number of rotatable bonds is 2. The summed E-state index contributed by atoms with van der Waals surface area (Å²) in [5.41, 5.74) is 2.29. The summed E-state index contributed by atoms with van der Waals surface area (Å²) in [5.74, 6) is 1.09. The summed E-state index contributed by atoms with van der Waals surface area (Å²) in [6.07, 6.45) is 4.24. The highest BCUT2D eigenvalue weighted by atomic mass is 35.5.